The molecular formula is C13H21N5O. The Bertz CT molecular complexity index is 352. The fourth-order valence-corrected chi connectivity index (χ4v) is 2.12. The van der Waals surface area contributed by atoms with Crippen LogP contribution in [0.2, 0.25) is 0 Å². The minimum atomic E-state index is 0.0132. The normalized spacial score (nSPS) is 19.4. The van der Waals surface area contributed by atoms with Gasteiger partial charge < -0.3 is 10.2 Å². The Morgan fingerprint density at radius 2 is 2.00 bits per heavy atom. The lowest BCUT2D eigenvalue weighted by Gasteiger charge is -2.34. The number of hydrogen-bond donors (Lipinski definition) is 1. The number of nitrogens with one attached hydrogen (secondary N) is 1. The fraction of sp³-hybridized carbons (Fsp3) is 0.769. The van der Waals surface area contributed by atoms with Gasteiger partial charge in [-0.05, 0) is 6.92 Å². The van der Waals surface area contributed by atoms with Gasteiger partial charge in [-0.3, -0.25) is 9.69 Å². The average molecular weight is 263 g/mol. The van der Waals surface area contributed by atoms with Crippen molar-refractivity contribution in [2.75, 3.05) is 39.3 Å². The Hall–Kier alpha value is -1.63. The lowest BCUT2D eigenvalue weighted by Crippen LogP contribution is -2.53. The predicted molar refractivity (Wildman–Crippen MR) is 70.9 cm³/mol. The second-order valence-corrected chi connectivity index (χ2v) is 4.72. The maximum absolute atomic E-state index is 12.2. The smallest absolute Gasteiger partial charge is 0.236 e. The molecule has 0 aromatic heterocycles. The van der Waals surface area contributed by atoms with Gasteiger partial charge in [0, 0.05) is 38.8 Å². The lowest BCUT2D eigenvalue weighted by atomic mass is 10.2. The van der Waals surface area contributed by atoms with E-state index in [1.165, 1.54) is 0 Å². The third-order valence-corrected chi connectivity index (χ3v) is 3.32. The highest BCUT2D eigenvalue weighted by Crippen LogP contribution is 2.04. The van der Waals surface area contributed by atoms with Crippen molar-refractivity contribution >= 4 is 5.91 Å². The molecule has 1 atom stereocenters. The third kappa shape index (κ3) is 5.25. The van der Waals surface area contributed by atoms with Crippen LogP contribution in [-0.4, -0.2) is 61.0 Å². The SMILES string of the molecule is C[C@@H]1CNCCN1CC(=O)N(CCC#N)CCC#N. The Kier molecular flexibility index (Phi) is 6.88. The van der Waals surface area contributed by atoms with E-state index < -0.39 is 0 Å². The van der Waals surface area contributed by atoms with Crippen LogP contribution in [0.5, 0.6) is 0 Å². The highest BCUT2D eigenvalue weighted by Gasteiger charge is 2.22. The minimum Gasteiger partial charge on any atom is -0.340 e. The summed E-state index contributed by atoms with van der Waals surface area (Å²) in [6, 6.07) is 4.42. The van der Waals surface area contributed by atoms with Crippen LogP contribution in [0.15, 0.2) is 0 Å². The number of carbonyl (C=O) groups is 1. The van der Waals surface area contributed by atoms with Gasteiger partial charge >= 0.3 is 0 Å². The number of amides is 1. The third-order valence-electron chi connectivity index (χ3n) is 3.32. The van der Waals surface area contributed by atoms with Crippen LogP contribution < -0.4 is 5.32 Å². The zero-order valence-corrected chi connectivity index (χ0v) is 11.4. The molecule has 6 nitrogen and oxygen atoms in total. The van der Waals surface area contributed by atoms with Crippen molar-refractivity contribution in [2.24, 2.45) is 0 Å². The summed E-state index contributed by atoms with van der Waals surface area (Å²) in [6.07, 6.45) is 0.628. The molecule has 0 aromatic carbocycles. The van der Waals surface area contributed by atoms with Crippen molar-refractivity contribution in [3.05, 3.63) is 0 Å². The Balaban J connectivity index is 2.50. The molecule has 104 valence electrons. The maximum Gasteiger partial charge on any atom is 0.236 e. The first-order valence-electron chi connectivity index (χ1n) is 6.65. The molecule has 1 fully saturated rings. The van der Waals surface area contributed by atoms with E-state index >= 15 is 0 Å². The topological polar surface area (TPSA) is 83.2 Å². The first-order chi connectivity index (χ1) is 9.19. The van der Waals surface area contributed by atoms with Crippen molar-refractivity contribution in [2.45, 2.75) is 25.8 Å². The largest absolute Gasteiger partial charge is 0.340 e. The quantitative estimate of drug-likeness (QED) is 0.725. The maximum atomic E-state index is 12.2. The summed E-state index contributed by atoms with van der Waals surface area (Å²) in [5.74, 6) is 0.0132. The van der Waals surface area contributed by atoms with E-state index in [9.17, 15) is 4.79 Å². The Morgan fingerprint density at radius 1 is 1.37 bits per heavy atom. The highest BCUT2D eigenvalue weighted by molar-refractivity contribution is 5.78. The number of rotatable bonds is 6. The molecule has 0 bridgehead atoms. The summed E-state index contributed by atoms with van der Waals surface area (Å²) >= 11 is 0. The molecule has 1 N–H and O–H groups in total. The van der Waals surface area contributed by atoms with Crippen LogP contribution in [0.1, 0.15) is 19.8 Å². The Morgan fingerprint density at radius 3 is 2.53 bits per heavy atom. The Labute approximate surface area is 114 Å². The first kappa shape index (κ1) is 15.4. The van der Waals surface area contributed by atoms with Gasteiger partial charge in [0.25, 0.3) is 0 Å². The van der Waals surface area contributed by atoms with Crippen LogP contribution in [0, 0.1) is 22.7 Å². The van der Waals surface area contributed by atoms with E-state index in [2.05, 4.69) is 17.1 Å². The van der Waals surface area contributed by atoms with Crippen LogP contribution in [0.4, 0.5) is 0 Å². The van der Waals surface area contributed by atoms with Crippen LogP contribution in [0.25, 0.3) is 0 Å². The van der Waals surface area contributed by atoms with Crippen LogP contribution >= 0.6 is 0 Å². The zero-order valence-electron chi connectivity index (χ0n) is 11.4. The zero-order chi connectivity index (χ0) is 14.1. The molecule has 1 amide bonds. The summed E-state index contributed by atoms with van der Waals surface area (Å²) in [4.78, 5) is 16.0. The molecule has 1 heterocycles. The fourth-order valence-electron chi connectivity index (χ4n) is 2.12. The predicted octanol–water partition coefficient (Wildman–Crippen LogP) is -0.0639. The molecule has 1 aliphatic heterocycles. The molecule has 0 spiro atoms. The summed E-state index contributed by atoms with van der Waals surface area (Å²) in [7, 11) is 0. The van der Waals surface area contributed by atoms with Crippen molar-refractivity contribution < 1.29 is 4.79 Å². The second kappa shape index (κ2) is 8.47. The van der Waals surface area contributed by atoms with Gasteiger partial charge in [-0.2, -0.15) is 10.5 Å². The number of piperazine rings is 1. The molecule has 0 saturated carbocycles. The van der Waals surface area contributed by atoms with Gasteiger partial charge in [0.1, 0.15) is 0 Å². The van der Waals surface area contributed by atoms with Gasteiger partial charge in [0.05, 0.1) is 31.5 Å². The van der Waals surface area contributed by atoms with Gasteiger partial charge in [-0.25, -0.2) is 0 Å². The van der Waals surface area contributed by atoms with Crippen molar-refractivity contribution in [3.63, 3.8) is 0 Å². The van der Waals surface area contributed by atoms with E-state index in [0.29, 0.717) is 38.5 Å². The molecule has 6 heteroatoms. The molecule has 0 aliphatic carbocycles. The number of carbonyl (C=O) groups excluding carboxylic acids is 1. The molecule has 1 saturated heterocycles. The van der Waals surface area contributed by atoms with Crippen LogP contribution in [-0.2, 0) is 4.79 Å². The van der Waals surface area contributed by atoms with Crippen molar-refractivity contribution in [3.8, 4) is 12.1 Å². The van der Waals surface area contributed by atoms with Gasteiger partial charge in [0.15, 0.2) is 0 Å². The summed E-state index contributed by atoms with van der Waals surface area (Å²) in [5.41, 5.74) is 0. The molecule has 1 rings (SSSR count). The van der Waals surface area contributed by atoms with Gasteiger partial charge in [-0.1, -0.05) is 0 Å². The van der Waals surface area contributed by atoms with Crippen molar-refractivity contribution in [1.82, 2.24) is 15.1 Å². The van der Waals surface area contributed by atoms with E-state index in [1.54, 1.807) is 4.90 Å². The minimum absolute atomic E-state index is 0.0132. The molecule has 0 radical (unpaired) electrons. The van der Waals surface area contributed by atoms with Crippen LogP contribution in [0.3, 0.4) is 0 Å². The first-order valence-corrected chi connectivity index (χ1v) is 6.65. The van der Waals surface area contributed by atoms with E-state index in [4.69, 9.17) is 10.5 Å². The standard InChI is InChI=1S/C13H21N5O/c1-12-10-16-6-9-18(12)11-13(19)17(7-2-4-14)8-3-5-15/h12,16H,2-3,6-11H2,1H3/t12-/m1/s1. The van der Waals surface area contributed by atoms with E-state index in [1.807, 2.05) is 12.1 Å². The van der Waals surface area contributed by atoms with E-state index in [-0.39, 0.29) is 5.91 Å². The van der Waals surface area contributed by atoms with Gasteiger partial charge in [0.2, 0.25) is 5.91 Å². The average Bonchev–Trinajstić information content (AvgIpc) is 2.41. The number of nitrogens with zero attached hydrogens (tertiary/aromatic N) is 4. The van der Waals surface area contributed by atoms with Gasteiger partial charge in [-0.15, -0.1) is 0 Å². The summed E-state index contributed by atoms with van der Waals surface area (Å²) in [6.45, 7) is 5.94. The molecule has 19 heavy (non-hydrogen) atoms. The summed E-state index contributed by atoms with van der Waals surface area (Å²) in [5, 5.41) is 20.5. The molecular weight excluding hydrogens is 242 g/mol. The number of hydrogen-bond acceptors (Lipinski definition) is 5. The molecule has 0 unspecified atom stereocenters. The van der Waals surface area contributed by atoms with Crippen molar-refractivity contribution in [1.29, 1.82) is 10.5 Å². The molecule has 0 aromatic rings. The lowest BCUT2D eigenvalue weighted by molar-refractivity contribution is -0.133. The second-order valence-electron chi connectivity index (χ2n) is 4.72. The molecule has 1 aliphatic rings. The summed E-state index contributed by atoms with van der Waals surface area (Å²) < 4.78 is 0. The number of nitriles is 2. The monoisotopic (exact) mass is 263 g/mol. The highest BCUT2D eigenvalue weighted by atomic mass is 16.2. The van der Waals surface area contributed by atoms with E-state index in [0.717, 1.165) is 19.6 Å².